The summed E-state index contributed by atoms with van der Waals surface area (Å²) in [7, 11) is 0. The highest BCUT2D eigenvalue weighted by molar-refractivity contribution is 6.42. The van der Waals surface area contributed by atoms with Crippen LogP contribution in [0.15, 0.2) is 90.0 Å². The van der Waals surface area contributed by atoms with Crippen molar-refractivity contribution in [2.45, 2.75) is 45.1 Å². The summed E-state index contributed by atoms with van der Waals surface area (Å²) in [5, 5.41) is 8.06. The van der Waals surface area contributed by atoms with Crippen LogP contribution in [0.3, 0.4) is 0 Å². The second-order valence-corrected chi connectivity index (χ2v) is 11.9. The van der Waals surface area contributed by atoms with E-state index in [2.05, 4.69) is 10.4 Å². The smallest absolute Gasteiger partial charge is 0.349 e. The van der Waals surface area contributed by atoms with Gasteiger partial charge in [-0.2, -0.15) is 18.3 Å². The molecule has 2 aromatic heterocycles. The zero-order chi connectivity index (χ0) is 32.7. The maximum Gasteiger partial charge on any atom is 0.416 e. The molecule has 0 unspecified atom stereocenters. The Hall–Kier alpha value is -4.61. The maximum atomic E-state index is 14.2. The summed E-state index contributed by atoms with van der Waals surface area (Å²) in [4.78, 5) is 34.2. The molecular weight excluding hydrogens is 640 g/mol. The van der Waals surface area contributed by atoms with Crippen molar-refractivity contribution >= 4 is 35.1 Å². The first-order chi connectivity index (χ1) is 21.9. The van der Waals surface area contributed by atoms with E-state index in [4.69, 9.17) is 28.2 Å². The fraction of sp³-hybridized carbons (Fsp3) is 0.212. The minimum atomic E-state index is -4.46. The van der Waals surface area contributed by atoms with Crippen LogP contribution in [0.4, 0.5) is 19.1 Å². The van der Waals surface area contributed by atoms with Crippen molar-refractivity contribution in [2.75, 3.05) is 5.32 Å². The molecule has 3 heterocycles. The van der Waals surface area contributed by atoms with Crippen LogP contribution in [-0.4, -0.2) is 36.2 Å². The Balaban J connectivity index is 1.40. The van der Waals surface area contributed by atoms with E-state index in [1.54, 1.807) is 59.2 Å². The van der Waals surface area contributed by atoms with Gasteiger partial charge in [-0.25, -0.2) is 14.2 Å². The summed E-state index contributed by atoms with van der Waals surface area (Å²) in [5.74, 6) is -0.107. The van der Waals surface area contributed by atoms with Gasteiger partial charge in [0.05, 0.1) is 45.3 Å². The Morgan fingerprint density at radius 2 is 1.70 bits per heavy atom. The third kappa shape index (κ3) is 6.12. The van der Waals surface area contributed by atoms with Crippen LogP contribution >= 0.6 is 23.2 Å². The Morgan fingerprint density at radius 1 is 1.00 bits per heavy atom. The SMILES string of the molecule is C[C@H](Nc1nc2c(c(=O)n1-c1ccc(-n3cccn3)cc1)C[C@@H](C)N(C(=O)c1ccc(Cl)c(Cl)c1)C2)c1ccc(C(F)(F)F)cc1. The van der Waals surface area contributed by atoms with Crippen molar-refractivity contribution in [3.05, 3.63) is 134 Å². The first-order valence-electron chi connectivity index (χ1n) is 14.4. The molecule has 5 aromatic rings. The average molecular weight is 668 g/mol. The molecule has 0 saturated heterocycles. The Bertz CT molecular complexity index is 1960. The van der Waals surface area contributed by atoms with Gasteiger partial charge in [-0.3, -0.25) is 9.59 Å². The van der Waals surface area contributed by atoms with E-state index in [0.717, 1.165) is 17.8 Å². The molecule has 1 aliphatic rings. The molecule has 0 radical (unpaired) electrons. The second kappa shape index (κ2) is 12.3. The number of benzene rings is 3. The number of anilines is 1. The van der Waals surface area contributed by atoms with Crippen molar-refractivity contribution in [2.24, 2.45) is 0 Å². The van der Waals surface area contributed by atoms with Crippen LogP contribution in [-0.2, 0) is 19.1 Å². The number of rotatable bonds is 6. The Kier molecular flexibility index (Phi) is 8.39. The molecule has 2 atom stereocenters. The van der Waals surface area contributed by atoms with Crippen LogP contribution in [0.5, 0.6) is 0 Å². The third-order valence-electron chi connectivity index (χ3n) is 8.00. The molecule has 0 spiro atoms. The highest BCUT2D eigenvalue weighted by Gasteiger charge is 2.33. The fourth-order valence-corrected chi connectivity index (χ4v) is 5.77. The number of amides is 1. The summed E-state index contributed by atoms with van der Waals surface area (Å²) in [6.07, 6.45) is -0.746. The van der Waals surface area contributed by atoms with E-state index >= 15 is 0 Å². The number of nitrogens with one attached hydrogen (secondary N) is 1. The van der Waals surface area contributed by atoms with Gasteiger partial charge in [-0.15, -0.1) is 0 Å². The number of hydrogen-bond donors (Lipinski definition) is 1. The normalized spacial score (nSPS) is 15.4. The number of fused-ring (bicyclic) bond motifs is 1. The minimum Gasteiger partial charge on any atom is -0.349 e. The van der Waals surface area contributed by atoms with Crippen molar-refractivity contribution < 1.29 is 18.0 Å². The van der Waals surface area contributed by atoms with Crippen LogP contribution in [0, 0.1) is 0 Å². The van der Waals surface area contributed by atoms with Gasteiger partial charge >= 0.3 is 6.18 Å². The zero-order valence-corrected chi connectivity index (χ0v) is 26.1. The van der Waals surface area contributed by atoms with Gasteiger partial charge < -0.3 is 10.2 Å². The summed E-state index contributed by atoms with van der Waals surface area (Å²) < 4.78 is 42.7. The van der Waals surface area contributed by atoms with Gasteiger partial charge in [0.1, 0.15) is 0 Å². The molecule has 6 rings (SSSR count). The topological polar surface area (TPSA) is 85.1 Å². The van der Waals surface area contributed by atoms with Gasteiger partial charge in [0.15, 0.2) is 0 Å². The van der Waals surface area contributed by atoms with Crippen molar-refractivity contribution in [1.29, 1.82) is 0 Å². The summed E-state index contributed by atoms with van der Waals surface area (Å²) >= 11 is 12.2. The lowest BCUT2D eigenvalue weighted by atomic mass is 9.98. The number of alkyl halides is 3. The second-order valence-electron chi connectivity index (χ2n) is 11.1. The summed E-state index contributed by atoms with van der Waals surface area (Å²) in [6.45, 7) is 3.69. The van der Waals surface area contributed by atoms with Crippen molar-refractivity contribution in [3.8, 4) is 11.4 Å². The lowest BCUT2D eigenvalue weighted by Crippen LogP contribution is -2.46. The number of nitrogens with zero attached hydrogens (tertiary/aromatic N) is 5. The number of carbonyl (C=O) groups is 1. The predicted octanol–water partition coefficient (Wildman–Crippen LogP) is 7.50. The molecule has 0 saturated carbocycles. The van der Waals surface area contributed by atoms with Crippen LogP contribution in [0.1, 0.15) is 52.6 Å². The monoisotopic (exact) mass is 666 g/mol. The Labute approximate surface area is 272 Å². The van der Waals surface area contributed by atoms with E-state index in [-0.39, 0.29) is 41.4 Å². The van der Waals surface area contributed by atoms with Gasteiger partial charge in [-0.1, -0.05) is 35.3 Å². The predicted molar refractivity (Wildman–Crippen MR) is 170 cm³/mol. The summed E-state index contributed by atoms with van der Waals surface area (Å²) in [6, 6.07) is 17.6. The lowest BCUT2D eigenvalue weighted by molar-refractivity contribution is -0.137. The molecule has 0 aliphatic carbocycles. The van der Waals surface area contributed by atoms with Crippen LogP contribution < -0.4 is 10.9 Å². The van der Waals surface area contributed by atoms with Gasteiger partial charge in [0, 0.05) is 29.6 Å². The number of aromatic nitrogens is 4. The largest absolute Gasteiger partial charge is 0.416 e. The molecule has 0 fully saturated rings. The van der Waals surface area contributed by atoms with E-state index < -0.39 is 17.8 Å². The third-order valence-corrected chi connectivity index (χ3v) is 8.74. The van der Waals surface area contributed by atoms with Gasteiger partial charge in [0.2, 0.25) is 5.95 Å². The molecule has 0 bridgehead atoms. The molecule has 46 heavy (non-hydrogen) atoms. The van der Waals surface area contributed by atoms with E-state index in [0.29, 0.717) is 33.1 Å². The van der Waals surface area contributed by atoms with Crippen LogP contribution in [0.25, 0.3) is 11.4 Å². The first kappa shape index (κ1) is 31.4. The molecule has 236 valence electrons. The molecule has 8 nitrogen and oxygen atoms in total. The molecule has 13 heteroatoms. The van der Waals surface area contributed by atoms with Crippen molar-refractivity contribution in [3.63, 3.8) is 0 Å². The molecular formula is C33H27Cl2F3N6O2. The average Bonchev–Trinajstić information content (AvgIpc) is 3.57. The quantitative estimate of drug-likeness (QED) is 0.203. The van der Waals surface area contributed by atoms with Gasteiger partial charge in [-0.05, 0) is 86.5 Å². The minimum absolute atomic E-state index is 0.0627. The van der Waals surface area contributed by atoms with Crippen molar-refractivity contribution in [1.82, 2.24) is 24.2 Å². The molecule has 3 aromatic carbocycles. The molecule has 1 N–H and O–H groups in total. The molecule has 1 aliphatic heterocycles. The Morgan fingerprint density at radius 3 is 2.33 bits per heavy atom. The highest BCUT2D eigenvalue weighted by atomic mass is 35.5. The van der Waals surface area contributed by atoms with Gasteiger partial charge in [0.25, 0.3) is 11.5 Å². The van der Waals surface area contributed by atoms with Crippen LogP contribution in [0.2, 0.25) is 10.0 Å². The zero-order valence-electron chi connectivity index (χ0n) is 24.6. The summed E-state index contributed by atoms with van der Waals surface area (Å²) in [5.41, 5.74) is 2.04. The highest BCUT2D eigenvalue weighted by Crippen LogP contribution is 2.31. The lowest BCUT2D eigenvalue weighted by Gasteiger charge is -2.35. The number of carbonyl (C=O) groups excluding carboxylic acids is 1. The fourth-order valence-electron chi connectivity index (χ4n) is 5.48. The standard InChI is InChI=1S/C33H27Cl2F3N6O2/c1-19-16-26-29(18-42(19)30(45)22-6-13-27(34)28(35)17-22)41-32(40-20(2)21-4-7-23(8-5-21)33(36,37)38)44(31(26)46)25-11-9-24(10-12-25)43-15-3-14-39-43/h3-15,17,19-20H,16,18H2,1-2H3,(H,40,41)/t19-,20+/m1/s1. The maximum absolute atomic E-state index is 14.2. The van der Waals surface area contributed by atoms with E-state index in [1.807, 2.05) is 19.1 Å². The molecule has 1 amide bonds. The number of hydrogen-bond acceptors (Lipinski definition) is 5. The van der Waals surface area contributed by atoms with E-state index in [9.17, 15) is 22.8 Å². The first-order valence-corrected chi connectivity index (χ1v) is 15.1. The van der Waals surface area contributed by atoms with E-state index in [1.165, 1.54) is 22.8 Å². The number of halogens is 5.